The molecule has 7 heteroatoms. The van der Waals surface area contributed by atoms with Crippen molar-refractivity contribution in [3.8, 4) is 0 Å². The molecule has 0 aliphatic carbocycles. The smallest absolute Gasteiger partial charge is 0.223 e. The van der Waals surface area contributed by atoms with E-state index in [4.69, 9.17) is 4.52 Å². The molecule has 0 aliphatic rings. The van der Waals surface area contributed by atoms with E-state index in [0.29, 0.717) is 11.7 Å². The van der Waals surface area contributed by atoms with Gasteiger partial charge in [-0.15, -0.1) is 0 Å². The molecular formula is C11H10BrF2N3O. The van der Waals surface area contributed by atoms with E-state index in [-0.39, 0.29) is 23.1 Å². The van der Waals surface area contributed by atoms with E-state index in [1.54, 1.807) is 6.92 Å². The number of benzene rings is 1. The lowest BCUT2D eigenvalue weighted by Gasteiger charge is -2.06. The van der Waals surface area contributed by atoms with Crippen LogP contribution in [0.2, 0.25) is 0 Å². The minimum atomic E-state index is -0.605. The predicted molar refractivity (Wildman–Crippen MR) is 63.6 cm³/mol. The number of nitrogens with zero attached hydrogens (tertiary/aromatic N) is 2. The molecular weight excluding hydrogens is 308 g/mol. The van der Waals surface area contributed by atoms with Crippen LogP contribution in [0.15, 0.2) is 21.1 Å². The van der Waals surface area contributed by atoms with Crippen LogP contribution in [-0.4, -0.2) is 10.1 Å². The largest absolute Gasteiger partial charge is 0.340 e. The van der Waals surface area contributed by atoms with Crippen LogP contribution < -0.4 is 5.32 Å². The Bertz CT molecular complexity index is 559. The van der Waals surface area contributed by atoms with Gasteiger partial charge < -0.3 is 9.84 Å². The molecule has 0 atom stereocenters. The second-order valence-corrected chi connectivity index (χ2v) is 4.51. The molecule has 2 aromatic rings. The van der Waals surface area contributed by atoms with E-state index >= 15 is 0 Å². The lowest BCUT2D eigenvalue weighted by Crippen LogP contribution is -2.16. The third-order valence-corrected chi connectivity index (χ3v) is 2.91. The zero-order chi connectivity index (χ0) is 13.1. The van der Waals surface area contributed by atoms with E-state index in [1.807, 2.05) is 0 Å². The van der Waals surface area contributed by atoms with Crippen LogP contribution >= 0.6 is 15.9 Å². The first kappa shape index (κ1) is 13.1. The molecule has 0 aliphatic heterocycles. The molecule has 0 saturated heterocycles. The third-order valence-electron chi connectivity index (χ3n) is 2.29. The molecule has 18 heavy (non-hydrogen) atoms. The number of halogens is 3. The number of aryl methyl sites for hydroxylation is 1. The molecule has 0 unspecified atom stereocenters. The van der Waals surface area contributed by atoms with Gasteiger partial charge in [0.2, 0.25) is 5.89 Å². The van der Waals surface area contributed by atoms with Gasteiger partial charge in [0.05, 0.1) is 11.0 Å². The second-order valence-electron chi connectivity index (χ2n) is 3.65. The second kappa shape index (κ2) is 5.53. The van der Waals surface area contributed by atoms with Crippen molar-refractivity contribution in [2.75, 3.05) is 0 Å². The highest BCUT2D eigenvalue weighted by Gasteiger charge is 2.12. The summed E-state index contributed by atoms with van der Waals surface area (Å²) < 4.78 is 32.0. The fraction of sp³-hybridized carbons (Fsp3) is 0.273. The molecule has 0 radical (unpaired) electrons. The predicted octanol–water partition coefficient (Wildman–Crippen LogP) is 2.71. The van der Waals surface area contributed by atoms with Crippen molar-refractivity contribution in [2.24, 2.45) is 0 Å². The summed E-state index contributed by atoms with van der Waals surface area (Å²) in [7, 11) is 0. The molecule has 2 rings (SSSR count). The minimum Gasteiger partial charge on any atom is -0.340 e. The van der Waals surface area contributed by atoms with Crippen molar-refractivity contribution in [1.29, 1.82) is 0 Å². The molecule has 0 spiro atoms. The van der Waals surface area contributed by atoms with Crippen LogP contribution in [0.4, 0.5) is 8.78 Å². The number of hydrogen-bond donors (Lipinski definition) is 1. The molecule has 1 heterocycles. The first-order valence-electron chi connectivity index (χ1n) is 5.20. The Morgan fingerprint density at radius 3 is 2.78 bits per heavy atom. The summed E-state index contributed by atoms with van der Waals surface area (Å²) >= 11 is 3.01. The Labute approximate surface area is 111 Å². The van der Waals surface area contributed by atoms with Crippen molar-refractivity contribution in [2.45, 2.75) is 20.0 Å². The van der Waals surface area contributed by atoms with Gasteiger partial charge in [-0.25, -0.2) is 8.78 Å². The standard InChI is InChI=1S/C11H10BrF2N3O/c1-6-16-10(17-18-6)5-15-4-7-9(13)3-2-8(12)11(7)14/h2-3,15H,4-5H2,1H3. The summed E-state index contributed by atoms with van der Waals surface area (Å²) in [6, 6.07) is 2.54. The Kier molecular flexibility index (Phi) is 4.03. The van der Waals surface area contributed by atoms with Crippen molar-refractivity contribution in [1.82, 2.24) is 15.5 Å². The Hall–Kier alpha value is -1.34. The van der Waals surface area contributed by atoms with Crippen LogP contribution in [0.3, 0.4) is 0 Å². The number of hydrogen-bond acceptors (Lipinski definition) is 4. The molecule has 1 aromatic heterocycles. The zero-order valence-electron chi connectivity index (χ0n) is 9.51. The number of rotatable bonds is 4. The Balaban J connectivity index is 2.00. The maximum atomic E-state index is 13.6. The SMILES string of the molecule is Cc1nc(CNCc2c(F)ccc(Br)c2F)no1. The highest BCUT2D eigenvalue weighted by Crippen LogP contribution is 2.21. The van der Waals surface area contributed by atoms with Gasteiger partial charge in [-0.2, -0.15) is 4.98 Å². The summed E-state index contributed by atoms with van der Waals surface area (Å²) in [5, 5.41) is 6.52. The van der Waals surface area contributed by atoms with Crippen LogP contribution in [0.1, 0.15) is 17.3 Å². The molecule has 96 valence electrons. The van der Waals surface area contributed by atoms with Gasteiger partial charge in [0.15, 0.2) is 5.82 Å². The first-order chi connectivity index (χ1) is 8.58. The van der Waals surface area contributed by atoms with Gasteiger partial charge in [0.1, 0.15) is 11.6 Å². The van der Waals surface area contributed by atoms with Crippen molar-refractivity contribution in [3.05, 3.63) is 45.5 Å². The minimum absolute atomic E-state index is 0.0235. The molecule has 4 nitrogen and oxygen atoms in total. The van der Waals surface area contributed by atoms with Gasteiger partial charge in [-0.05, 0) is 28.1 Å². The van der Waals surface area contributed by atoms with Gasteiger partial charge in [-0.3, -0.25) is 0 Å². The van der Waals surface area contributed by atoms with Gasteiger partial charge in [0, 0.05) is 19.0 Å². The average molecular weight is 318 g/mol. The molecule has 0 amide bonds. The maximum absolute atomic E-state index is 13.6. The lowest BCUT2D eigenvalue weighted by molar-refractivity contribution is 0.385. The van der Waals surface area contributed by atoms with E-state index in [2.05, 4.69) is 31.4 Å². The zero-order valence-corrected chi connectivity index (χ0v) is 11.1. The normalized spacial score (nSPS) is 10.9. The van der Waals surface area contributed by atoms with Crippen LogP contribution in [-0.2, 0) is 13.1 Å². The van der Waals surface area contributed by atoms with Crippen LogP contribution in [0, 0.1) is 18.6 Å². The lowest BCUT2D eigenvalue weighted by atomic mass is 10.2. The van der Waals surface area contributed by atoms with E-state index < -0.39 is 11.6 Å². The number of aromatic nitrogens is 2. The van der Waals surface area contributed by atoms with Crippen LogP contribution in [0.5, 0.6) is 0 Å². The van der Waals surface area contributed by atoms with E-state index in [1.165, 1.54) is 12.1 Å². The summed E-state index contributed by atoms with van der Waals surface area (Å²) in [5.74, 6) is -0.297. The van der Waals surface area contributed by atoms with Gasteiger partial charge in [-0.1, -0.05) is 5.16 Å². The first-order valence-corrected chi connectivity index (χ1v) is 5.99. The fourth-order valence-electron chi connectivity index (χ4n) is 1.44. The monoisotopic (exact) mass is 317 g/mol. The van der Waals surface area contributed by atoms with Crippen molar-refractivity contribution in [3.63, 3.8) is 0 Å². The summed E-state index contributed by atoms with van der Waals surface area (Å²) in [5.41, 5.74) is -0.0235. The molecule has 0 fully saturated rings. The Morgan fingerprint density at radius 1 is 1.33 bits per heavy atom. The molecule has 0 bridgehead atoms. The van der Waals surface area contributed by atoms with Crippen LogP contribution in [0.25, 0.3) is 0 Å². The topological polar surface area (TPSA) is 51.0 Å². The Morgan fingerprint density at radius 2 is 2.11 bits per heavy atom. The highest BCUT2D eigenvalue weighted by molar-refractivity contribution is 9.10. The quantitative estimate of drug-likeness (QED) is 0.881. The van der Waals surface area contributed by atoms with Gasteiger partial charge in [0.25, 0.3) is 0 Å². The number of nitrogens with one attached hydrogen (secondary N) is 1. The summed E-state index contributed by atoms with van der Waals surface area (Å²) in [6.07, 6.45) is 0. The van der Waals surface area contributed by atoms with E-state index in [9.17, 15) is 8.78 Å². The molecule has 1 aromatic carbocycles. The van der Waals surface area contributed by atoms with Crippen molar-refractivity contribution < 1.29 is 13.3 Å². The molecule has 1 N–H and O–H groups in total. The summed E-state index contributed by atoms with van der Waals surface area (Å²) in [4.78, 5) is 3.97. The maximum Gasteiger partial charge on any atom is 0.223 e. The summed E-state index contributed by atoms with van der Waals surface area (Å²) in [6.45, 7) is 2.00. The third kappa shape index (κ3) is 2.91. The average Bonchev–Trinajstić information content (AvgIpc) is 2.74. The van der Waals surface area contributed by atoms with E-state index in [0.717, 1.165) is 0 Å². The fourth-order valence-corrected chi connectivity index (χ4v) is 1.82. The van der Waals surface area contributed by atoms with Gasteiger partial charge >= 0.3 is 0 Å². The molecule has 0 saturated carbocycles. The van der Waals surface area contributed by atoms with Crippen molar-refractivity contribution >= 4 is 15.9 Å². The highest BCUT2D eigenvalue weighted by atomic mass is 79.9.